The largest absolute Gasteiger partial charge is 0.394 e. The Hall–Kier alpha value is -0.380. The van der Waals surface area contributed by atoms with Gasteiger partial charge in [-0.3, -0.25) is 9.63 Å². The summed E-state index contributed by atoms with van der Waals surface area (Å²) in [5.41, 5.74) is 0.355. The highest BCUT2D eigenvalue weighted by atomic mass is 32.2. The minimum atomic E-state index is -0.767. The van der Waals surface area contributed by atoms with Crippen molar-refractivity contribution in [1.82, 2.24) is 10.4 Å². The lowest BCUT2D eigenvalue weighted by molar-refractivity contribution is -0.193. The lowest BCUT2D eigenvalue weighted by Gasteiger charge is -2.62. The molecule has 6 aliphatic rings. The van der Waals surface area contributed by atoms with Gasteiger partial charge in [0.25, 0.3) is 0 Å². The Balaban J connectivity index is 1.31. The lowest BCUT2D eigenvalue weighted by Crippen LogP contribution is -2.62. The zero-order valence-electron chi connectivity index (χ0n) is 25.8. The van der Waals surface area contributed by atoms with E-state index in [1.54, 1.807) is 6.92 Å². The van der Waals surface area contributed by atoms with Crippen LogP contribution in [0.15, 0.2) is 0 Å². The highest BCUT2D eigenvalue weighted by Gasteiger charge is 2.57. The van der Waals surface area contributed by atoms with Gasteiger partial charge < -0.3 is 20.3 Å². The molecule has 2 bridgehead atoms. The van der Waals surface area contributed by atoms with Crippen LogP contribution in [-0.4, -0.2) is 83.3 Å². The molecule has 5 aliphatic carbocycles. The van der Waals surface area contributed by atoms with Gasteiger partial charge in [-0.05, 0) is 86.7 Å². The maximum Gasteiger partial charge on any atom is 0.240 e. The second-order valence-electron chi connectivity index (χ2n) is 14.6. The molecular weight excluding hydrogens is 524 g/mol. The van der Waals surface area contributed by atoms with Gasteiger partial charge in [0.05, 0.1) is 18.8 Å². The van der Waals surface area contributed by atoms with Crippen LogP contribution >= 0.6 is 11.8 Å². The summed E-state index contributed by atoms with van der Waals surface area (Å²) in [6.45, 7) is 9.13. The average molecular weight is 581 g/mol. The van der Waals surface area contributed by atoms with E-state index in [4.69, 9.17) is 9.57 Å². The van der Waals surface area contributed by atoms with Crippen molar-refractivity contribution in [3.8, 4) is 0 Å². The molecule has 0 radical (unpaired) electrons. The number of carbonyl (C=O) groups is 1. The topological polar surface area (TPSA) is 91.3 Å². The van der Waals surface area contributed by atoms with Crippen LogP contribution in [0.1, 0.15) is 85.5 Å². The highest BCUT2D eigenvalue weighted by Crippen LogP contribution is 2.61. The zero-order chi connectivity index (χ0) is 28.8. The predicted molar refractivity (Wildman–Crippen MR) is 160 cm³/mol. The second kappa shape index (κ2) is 12.7. The molecule has 0 aromatic heterocycles. The molecule has 5 unspecified atom stereocenters. The van der Waals surface area contributed by atoms with Crippen molar-refractivity contribution in [2.24, 2.45) is 46.8 Å². The van der Waals surface area contributed by atoms with Crippen molar-refractivity contribution in [2.45, 2.75) is 121 Å². The van der Waals surface area contributed by atoms with Crippen LogP contribution in [0.5, 0.6) is 0 Å². The molecule has 230 valence electrons. The van der Waals surface area contributed by atoms with E-state index >= 15 is 0 Å². The van der Waals surface area contributed by atoms with Crippen LogP contribution in [0, 0.1) is 46.8 Å². The summed E-state index contributed by atoms with van der Waals surface area (Å²) in [5.74, 6) is 2.66. The Kier molecular flexibility index (Phi) is 9.86. The van der Waals surface area contributed by atoms with Crippen LogP contribution in [0.3, 0.4) is 0 Å². The van der Waals surface area contributed by atoms with Crippen molar-refractivity contribution < 1.29 is 24.6 Å². The fraction of sp³-hybridized carbons (Fsp3) is 0.969. The van der Waals surface area contributed by atoms with E-state index in [1.807, 2.05) is 23.9 Å². The third-order valence-corrected chi connectivity index (χ3v) is 13.4. The summed E-state index contributed by atoms with van der Waals surface area (Å²) >= 11 is 2.01. The van der Waals surface area contributed by atoms with Gasteiger partial charge in [-0.1, -0.05) is 40.0 Å². The van der Waals surface area contributed by atoms with E-state index in [0.717, 1.165) is 18.1 Å². The number of aliphatic hydroxyl groups excluding tert-OH is 2. The number of fused-ring (bicyclic) bond motifs is 2. The fourth-order valence-corrected chi connectivity index (χ4v) is 10.7. The first kappa shape index (κ1) is 31.1. The molecule has 1 heterocycles. The van der Waals surface area contributed by atoms with E-state index in [1.165, 1.54) is 44.9 Å². The van der Waals surface area contributed by atoms with Gasteiger partial charge in [0, 0.05) is 36.8 Å². The average Bonchev–Trinajstić information content (AvgIpc) is 3.32. The number of hydroxylamine groups is 2. The molecule has 5 saturated carbocycles. The fourth-order valence-electron chi connectivity index (χ4n) is 9.88. The Morgan fingerprint density at radius 1 is 1.18 bits per heavy atom. The van der Waals surface area contributed by atoms with Gasteiger partial charge in [-0.2, -0.15) is 16.8 Å². The number of nitrogens with zero attached hydrogens (tertiary/aromatic N) is 1. The van der Waals surface area contributed by atoms with Gasteiger partial charge in [-0.15, -0.1) is 0 Å². The molecule has 0 aromatic rings. The molecule has 1 aliphatic heterocycles. The number of rotatable bonds is 9. The number of hydrogen-bond acceptors (Lipinski definition) is 7. The Bertz CT molecular complexity index is 872. The quantitative estimate of drug-likeness (QED) is 0.370. The summed E-state index contributed by atoms with van der Waals surface area (Å²) in [6.07, 6.45) is 11.9. The maximum absolute atomic E-state index is 14.0. The molecule has 1 saturated heterocycles. The van der Waals surface area contributed by atoms with Gasteiger partial charge in [0.2, 0.25) is 5.91 Å². The minimum Gasteiger partial charge on any atom is -0.394 e. The van der Waals surface area contributed by atoms with Crippen molar-refractivity contribution in [3.05, 3.63) is 0 Å². The first-order valence-corrected chi connectivity index (χ1v) is 17.5. The van der Waals surface area contributed by atoms with Gasteiger partial charge >= 0.3 is 0 Å². The first-order chi connectivity index (χ1) is 19.1. The number of thioether (sulfide) groups is 1. The number of hydrogen-bond donors (Lipinski definition) is 3. The highest BCUT2D eigenvalue weighted by molar-refractivity contribution is 7.99. The first-order valence-electron chi connectivity index (χ1n) is 16.2. The van der Waals surface area contributed by atoms with Crippen molar-refractivity contribution in [2.75, 3.05) is 26.5 Å². The van der Waals surface area contributed by atoms with Gasteiger partial charge in [-0.25, -0.2) is 0 Å². The van der Waals surface area contributed by atoms with Crippen LogP contribution in [0.25, 0.3) is 0 Å². The number of nitrogens with one attached hydrogen (secondary N) is 1. The summed E-state index contributed by atoms with van der Waals surface area (Å²) in [5, 5.41) is 27.0. The van der Waals surface area contributed by atoms with E-state index in [-0.39, 0.29) is 30.6 Å². The lowest BCUT2D eigenvalue weighted by atomic mass is 9.45. The summed E-state index contributed by atoms with van der Waals surface area (Å²) in [7, 11) is 1.85. The molecule has 13 atom stereocenters. The molecule has 3 N–H and O–H groups in total. The summed E-state index contributed by atoms with van der Waals surface area (Å²) in [6, 6.07) is -0.473. The third-order valence-electron chi connectivity index (χ3n) is 12.4. The number of ether oxygens (including phenoxy) is 1. The molecular formula is C32H56N2O5S. The molecule has 40 heavy (non-hydrogen) atoms. The van der Waals surface area contributed by atoms with Crippen molar-refractivity contribution in [3.63, 3.8) is 0 Å². The number of aliphatic hydroxyl groups is 2. The van der Waals surface area contributed by atoms with Crippen molar-refractivity contribution >= 4 is 17.7 Å². The van der Waals surface area contributed by atoms with Gasteiger partial charge in [0.15, 0.2) is 0 Å². The van der Waals surface area contributed by atoms with E-state index in [0.29, 0.717) is 41.5 Å². The molecule has 0 aromatic carbocycles. The number of carbonyl (C=O) groups excluding carboxylic acids is 1. The van der Waals surface area contributed by atoms with Crippen LogP contribution < -0.4 is 5.32 Å². The Labute approximate surface area is 246 Å². The third kappa shape index (κ3) is 5.76. The summed E-state index contributed by atoms with van der Waals surface area (Å²) < 4.78 is 6.26. The predicted octanol–water partition coefficient (Wildman–Crippen LogP) is 4.50. The zero-order valence-corrected chi connectivity index (χ0v) is 26.6. The molecule has 7 nitrogen and oxygen atoms in total. The van der Waals surface area contributed by atoms with Gasteiger partial charge in [0.1, 0.15) is 12.1 Å². The van der Waals surface area contributed by atoms with E-state index < -0.39 is 24.2 Å². The number of amides is 1. The maximum atomic E-state index is 14.0. The Morgan fingerprint density at radius 2 is 1.93 bits per heavy atom. The molecule has 8 heteroatoms. The van der Waals surface area contributed by atoms with Crippen molar-refractivity contribution in [1.29, 1.82) is 0 Å². The normalized spacial score (nSPS) is 46.0. The molecule has 6 fully saturated rings. The van der Waals surface area contributed by atoms with E-state index in [9.17, 15) is 15.0 Å². The second-order valence-corrected chi connectivity index (χ2v) is 15.7. The van der Waals surface area contributed by atoms with Crippen LogP contribution in [-0.2, 0) is 14.4 Å². The SMILES string of the molecule is COC1C(CN2O[C@@H](CO)[C@@H]([C@H](C)O)[C@H]2C(=O)N[C@H]2C[C@H]3C[C@H]([C@@H]2C)C3(C)C)CCCC1C1CCCC(SC)C1. The minimum absolute atomic E-state index is 0.0609. The molecule has 6 rings (SSSR count). The monoisotopic (exact) mass is 580 g/mol. The molecule has 1 amide bonds. The Morgan fingerprint density at radius 3 is 2.55 bits per heavy atom. The molecule has 0 spiro atoms. The number of methoxy groups -OCH3 is 1. The standard InChI is InChI=1S/C32H56N2O5S/c1-18-25-14-22(32(25,3)4)15-26(18)33-31(37)29-28(19(2)36)27(17-35)39-34(29)16-21-10-8-12-24(30(21)38-5)20-9-7-11-23(13-20)40-6/h18-30,35-36H,7-17H2,1-6H3,(H,33,37)/t18-,19-,20?,21?,22+,23?,24?,25+,26-,27-,28+,29-,30?/m0/s1. The smallest absolute Gasteiger partial charge is 0.240 e. The van der Waals surface area contributed by atoms with Crippen LogP contribution in [0.4, 0.5) is 0 Å². The van der Waals surface area contributed by atoms with E-state index in [2.05, 4.69) is 32.3 Å². The summed E-state index contributed by atoms with van der Waals surface area (Å²) in [4.78, 5) is 20.4. The van der Waals surface area contributed by atoms with Crippen LogP contribution in [0.2, 0.25) is 0 Å².